The van der Waals surface area contributed by atoms with Crippen molar-refractivity contribution < 1.29 is 13.9 Å². The average molecular weight is 371 g/mol. The molecule has 1 aromatic heterocycles. The van der Waals surface area contributed by atoms with Crippen molar-refractivity contribution in [2.24, 2.45) is 0 Å². The smallest absolute Gasteiger partial charge is 0.289 e. The van der Waals surface area contributed by atoms with Crippen LogP contribution in [0.3, 0.4) is 0 Å². The minimum atomic E-state index is -0.0809. The molecule has 6 heteroatoms. The zero-order valence-electron chi connectivity index (χ0n) is 14.4. The summed E-state index contributed by atoms with van der Waals surface area (Å²) in [6.45, 7) is 2.83. The summed E-state index contributed by atoms with van der Waals surface area (Å²) >= 11 is 6.00. The van der Waals surface area contributed by atoms with Crippen molar-refractivity contribution in [2.45, 2.75) is 0 Å². The summed E-state index contributed by atoms with van der Waals surface area (Å²) in [5.74, 6) is 1.11. The van der Waals surface area contributed by atoms with Gasteiger partial charge in [0.1, 0.15) is 11.3 Å². The second-order valence-corrected chi connectivity index (χ2v) is 6.71. The monoisotopic (exact) mass is 370 g/mol. The van der Waals surface area contributed by atoms with Gasteiger partial charge in [0, 0.05) is 48.3 Å². The molecule has 0 radical (unpaired) electrons. The maximum Gasteiger partial charge on any atom is 0.289 e. The number of ether oxygens (including phenoxy) is 1. The predicted molar refractivity (Wildman–Crippen MR) is 102 cm³/mol. The van der Waals surface area contributed by atoms with Crippen molar-refractivity contribution in [1.82, 2.24) is 4.90 Å². The molecule has 1 aliphatic rings. The Bertz CT molecular complexity index is 945. The van der Waals surface area contributed by atoms with Gasteiger partial charge in [0.05, 0.1) is 7.11 Å². The van der Waals surface area contributed by atoms with Gasteiger partial charge in [-0.05, 0) is 36.4 Å². The molecule has 0 aliphatic carbocycles. The minimum Gasteiger partial charge on any atom is -0.497 e. The van der Waals surface area contributed by atoms with Crippen molar-refractivity contribution in [2.75, 3.05) is 38.2 Å². The van der Waals surface area contributed by atoms with Gasteiger partial charge in [-0.25, -0.2) is 0 Å². The van der Waals surface area contributed by atoms with Gasteiger partial charge in [-0.3, -0.25) is 4.79 Å². The van der Waals surface area contributed by atoms with Crippen molar-refractivity contribution in [3.63, 3.8) is 0 Å². The Balaban J connectivity index is 1.45. The van der Waals surface area contributed by atoms with Crippen LogP contribution < -0.4 is 9.64 Å². The first-order valence-electron chi connectivity index (χ1n) is 8.51. The van der Waals surface area contributed by atoms with Gasteiger partial charge < -0.3 is 19.0 Å². The quantitative estimate of drug-likeness (QED) is 0.697. The summed E-state index contributed by atoms with van der Waals surface area (Å²) in [4.78, 5) is 16.8. The topological polar surface area (TPSA) is 45.9 Å². The number of anilines is 1. The molecule has 4 rings (SSSR count). The summed E-state index contributed by atoms with van der Waals surface area (Å²) in [7, 11) is 1.66. The second kappa shape index (κ2) is 6.92. The van der Waals surface area contributed by atoms with E-state index in [1.165, 1.54) is 0 Å². The van der Waals surface area contributed by atoms with Crippen LogP contribution in [0.25, 0.3) is 11.0 Å². The number of benzene rings is 2. The van der Waals surface area contributed by atoms with E-state index in [0.717, 1.165) is 29.9 Å². The third-order valence-corrected chi connectivity index (χ3v) is 4.91. The van der Waals surface area contributed by atoms with E-state index in [2.05, 4.69) is 11.0 Å². The van der Waals surface area contributed by atoms with E-state index in [9.17, 15) is 4.79 Å². The Hall–Kier alpha value is -2.66. The number of nitrogens with zero attached hydrogens (tertiary/aromatic N) is 2. The van der Waals surface area contributed by atoms with Crippen molar-refractivity contribution in [3.05, 3.63) is 59.3 Å². The van der Waals surface area contributed by atoms with Gasteiger partial charge in [0.15, 0.2) is 5.76 Å². The largest absolute Gasteiger partial charge is 0.497 e. The number of halogens is 1. The molecule has 0 bridgehead atoms. The van der Waals surface area contributed by atoms with Gasteiger partial charge in [-0.2, -0.15) is 0 Å². The molecule has 0 atom stereocenters. The van der Waals surface area contributed by atoms with E-state index in [-0.39, 0.29) is 5.91 Å². The summed E-state index contributed by atoms with van der Waals surface area (Å²) < 4.78 is 11.0. The van der Waals surface area contributed by atoms with Crippen LogP contribution in [-0.4, -0.2) is 44.1 Å². The summed E-state index contributed by atoms with van der Waals surface area (Å²) in [5, 5.41) is 1.47. The highest BCUT2D eigenvalue weighted by Crippen LogP contribution is 2.25. The normalized spacial score (nSPS) is 14.7. The van der Waals surface area contributed by atoms with Crippen LogP contribution in [0, 0.1) is 0 Å². The molecule has 0 saturated carbocycles. The lowest BCUT2D eigenvalue weighted by molar-refractivity contribution is 0.0717. The lowest BCUT2D eigenvalue weighted by Crippen LogP contribution is -2.48. The number of hydrogen-bond acceptors (Lipinski definition) is 4. The van der Waals surface area contributed by atoms with Crippen LogP contribution in [0.5, 0.6) is 5.75 Å². The molecule has 0 unspecified atom stereocenters. The van der Waals surface area contributed by atoms with Gasteiger partial charge in [-0.15, -0.1) is 0 Å². The second-order valence-electron chi connectivity index (χ2n) is 6.27. The van der Waals surface area contributed by atoms with Crippen molar-refractivity contribution in [1.29, 1.82) is 0 Å². The fourth-order valence-corrected chi connectivity index (χ4v) is 3.43. The number of furan rings is 1. The van der Waals surface area contributed by atoms with E-state index in [1.54, 1.807) is 31.4 Å². The molecule has 0 spiro atoms. The Morgan fingerprint density at radius 1 is 1.08 bits per heavy atom. The Kier molecular flexibility index (Phi) is 4.47. The number of piperazine rings is 1. The molecule has 2 aromatic carbocycles. The molecule has 1 saturated heterocycles. The first-order valence-corrected chi connectivity index (χ1v) is 8.89. The third kappa shape index (κ3) is 3.22. The SMILES string of the molecule is COc1cccc(N2CCN(C(=O)c3cc4cc(Cl)ccc4o3)CC2)c1. The Morgan fingerprint density at radius 2 is 1.88 bits per heavy atom. The third-order valence-electron chi connectivity index (χ3n) is 4.67. The molecule has 1 aliphatic heterocycles. The number of carbonyl (C=O) groups excluding carboxylic acids is 1. The van der Waals surface area contributed by atoms with Crippen LogP contribution in [0.2, 0.25) is 5.02 Å². The zero-order valence-corrected chi connectivity index (χ0v) is 15.2. The molecule has 1 amide bonds. The number of rotatable bonds is 3. The van der Waals surface area contributed by atoms with Crippen molar-refractivity contribution in [3.8, 4) is 5.75 Å². The van der Waals surface area contributed by atoms with Crippen LogP contribution >= 0.6 is 11.6 Å². The van der Waals surface area contributed by atoms with Crippen molar-refractivity contribution >= 4 is 34.2 Å². The molecule has 5 nitrogen and oxygen atoms in total. The van der Waals surface area contributed by atoms with Gasteiger partial charge in [0.25, 0.3) is 5.91 Å². The average Bonchev–Trinajstić information content (AvgIpc) is 3.10. The highest BCUT2D eigenvalue weighted by atomic mass is 35.5. The minimum absolute atomic E-state index is 0.0809. The molecule has 0 N–H and O–H groups in total. The maximum absolute atomic E-state index is 12.8. The number of fused-ring (bicyclic) bond motifs is 1. The van der Waals surface area contributed by atoms with E-state index < -0.39 is 0 Å². The Labute approximate surface area is 156 Å². The fourth-order valence-electron chi connectivity index (χ4n) is 3.25. The molecule has 1 fully saturated rings. The summed E-state index contributed by atoms with van der Waals surface area (Å²) in [6.07, 6.45) is 0. The number of hydrogen-bond donors (Lipinski definition) is 0. The van der Waals surface area contributed by atoms with Gasteiger partial charge >= 0.3 is 0 Å². The van der Waals surface area contributed by atoms with Gasteiger partial charge in [-0.1, -0.05) is 17.7 Å². The lowest BCUT2D eigenvalue weighted by Gasteiger charge is -2.35. The number of carbonyl (C=O) groups is 1. The molecule has 2 heterocycles. The molecule has 3 aromatic rings. The first kappa shape index (κ1) is 16.8. The molecular weight excluding hydrogens is 352 g/mol. The highest BCUT2D eigenvalue weighted by molar-refractivity contribution is 6.31. The van der Waals surface area contributed by atoms with Gasteiger partial charge in [0.2, 0.25) is 0 Å². The number of amides is 1. The summed E-state index contributed by atoms with van der Waals surface area (Å²) in [5.41, 5.74) is 1.78. The zero-order chi connectivity index (χ0) is 18.1. The molecule has 134 valence electrons. The van der Waals surface area contributed by atoms with Crippen LogP contribution in [0.1, 0.15) is 10.6 Å². The van der Waals surface area contributed by atoms with Crippen LogP contribution in [0.4, 0.5) is 5.69 Å². The lowest BCUT2D eigenvalue weighted by atomic mass is 10.2. The van der Waals surface area contributed by atoms with E-state index in [0.29, 0.717) is 29.5 Å². The summed E-state index contributed by atoms with van der Waals surface area (Å²) in [6, 6.07) is 15.1. The highest BCUT2D eigenvalue weighted by Gasteiger charge is 2.25. The first-order chi connectivity index (χ1) is 12.6. The fraction of sp³-hybridized carbons (Fsp3) is 0.250. The predicted octanol–water partition coefficient (Wildman–Crippen LogP) is 4.06. The van der Waals surface area contributed by atoms with E-state index in [1.807, 2.05) is 23.1 Å². The van der Waals surface area contributed by atoms with E-state index >= 15 is 0 Å². The van der Waals surface area contributed by atoms with Crippen LogP contribution in [-0.2, 0) is 0 Å². The Morgan fingerprint density at radius 3 is 2.65 bits per heavy atom. The van der Waals surface area contributed by atoms with E-state index in [4.69, 9.17) is 20.8 Å². The maximum atomic E-state index is 12.8. The molecular formula is C20H19ClN2O3. The number of methoxy groups -OCH3 is 1. The molecule has 26 heavy (non-hydrogen) atoms. The van der Waals surface area contributed by atoms with Crippen LogP contribution in [0.15, 0.2) is 52.9 Å². The standard InChI is InChI=1S/C20H19ClN2O3/c1-25-17-4-2-3-16(13-17)22-7-9-23(10-8-22)20(24)19-12-14-11-15(21)5-6-18(14)26-19/h2-6,11-13H,7-10H2,1H3.